The van der Waals surface area contributed by atoms with E-state index < -0.39 is 5.97 Å². The van der Waals surface area contributed by atoms with Crippen LogP contribution in [0, 0.1) is 5.92 Å². The molecule has 5 nitrogen and oxygen atoms in total. The highest BCUT2D eigenvalue weighted by Crippen LogP contribution is 2.31. The van der Waals surface area contributed by atoms with E-state index in [2.05, 4.69) is 10.6 Å². The number of anilines is 1. The number of amides is 1. The van der Waals surface area contributed by atoms with Crippen LogP contribution < -0.4 is 10.6 Å². The Labute approximate surface area is 132 Å². The van der Waals surface area contributed by atoms with Crippen LogP contribution >= 0.6 is 23.2 Å². The van der Waals surface area contributed by atoms with E-state index in [1.807, 2.05) is 0 Å². The van der Waals surface area contributed by atoms with Crippen molar-refractivity contribution in [1.29, 1.82) is 0 Å². The topological polar surface area (TPSA) is 78.4 Å². The molecule has 1 aliphatic heterocycles. The first-order chi connectivity index (χ1) is 9.97. The number of halogens is 2. The molecule has 21 heavy (non-hydrogen) atoms. The molecular weight excluding hydrogens is 315 g/mol. The maximum Gasteiger partial charge on any atom is 0.337 e. The Bertz CT molecular complexity index is 557. The van der Waals surface area contributed by atoms with Crippen LogP contribution in [0.15, 0.2) is 12.1 Å². The third-order valence-corrected chi connectivity index (χ3v) is 4.00. The summed E-state index contributed by atoms with van der Waals surface area (Å²) in [6.07, 6.45) is 2.24. The first-order valence-electron chi connectivity index (χ1n) is 6.70. The number of nitrogens with one attached hydrogen (secondary N) is 2. The second kappa shape index (κ2) is 7.11. The van der Waals surface area contributed by atoms with Gasteiger partial charge in [-0.25, -0.2) is 4.79 Å². The third-order valence-electron chi connectivity index (χ3n) is 3.48. The maximum absolute atomic E-state index is 12.1. The molecule has 0 unspecified atom stereocenters. The Morgan fingerprint density at radius 2 is 1.95 bits per heavy atom. The average Bonchev–Trinajstić information content (AvgIpc) is 2.42. The molecule has 1 aromatic carbocycles. The van der Waals surface area contributed by atoms with Crippen molar-refractivity contribution in [3.63, 3.8) is 0 Å². The standard InChI is InChI=1S/C14H16Cl2N2O3/c15-9-6-10(14(20)21)13(11(16)7-9)18-12(19)5-8-1-3-17-4-2-8/h6-8,17H,1-5H2,(H,18,19)(H,20,21). The highest BCUT2D eigenvalue weighted by atomic mass is 35.5. The van der Waals surface area contributed by atoms with E-state index in [-0.39, 0.29) is 27.2 Å². The predicted octanol–water partition coefficient (Wildman–Crippen LogP) is 3.02. The number of piperidine rings is 1. The van der Waals surface area contributed by atoms with Crippen LogP contribution in [0.4, 0.5) is 5.69 Å². The number of carboxylic acids is 1. The zero-order chi connectivity index (χ0) is 15.4. The largest absolute Gasteiger partial charge is 0.478 e. The molecule has 114 valence electrons. The van der Waals surface area contributed by atoms with E-state index in [1.54, 1.807) is 0 Å². The molecule has 1 aromatic rings. The third kappa shape index (κ3) is 4.33. The van der Waals surface area contributed by atoms with Gasteiger partial charge in [0.2, 0.25) is 5.91 Å². The van der Waals surface area contributed by atoms with E-state index in [4.69, 9.17) is 23.2 Å². The molecular formula is C14H16Cl2N2O3. The van der Waals surface area contributed by atoms with Gasteiger partial charge in [-0.1, -0.05) is 23.2 Å². The van der Waals surface area contributed by atoms with Crippen LogP contribution in [-0.2, 0) is 4.79 Å². The normalized spacial score (nSPS) is 15.7. The molecule has 7 heteroatoms. The van der Waals surface area contributed by atoms with Crippen LogP contribution in [0.25, 0.3) is 0 Å². The number of benzene rings is 1. The molecule has 0 saturated carbocycles. The molecule has 3 N–H and O–H groups in total. The van der Waals surface area contributed by atoms with E-state index >= 15 is 0 Å². The number of rotatable bonds is 4. The summed E-state index contributed by atoms with van der Waals surface area (Å²) in [5, 5.41) is 15.3. The van der Waals surface area contributed by atoms with E-state index in [1.165, 1.54) is 12.1 Å². The van der Waals surface area contributed by atoms with Crippen molar-refractivity contribution in [1.82, 2.24) is 5.32 Å². The SMILES string of the molecule is O=C(CC1CCNCC1)Nc1c(Cl)cc(Cl)cc1C(=O)O. The number of hydrogen-bond acceptors (Lipinski definition) is 3. The smallest absolute Gasteiger partial charge is 0.337 e. The van der Waals surface area contributed by atoms with Gasteiger partial charge in [-0.3, -0.25) is 4.79 Å². The molecule has 2 rings (SSSR count). The molecule has 0 radical (unpaired) electrons. The Morgan fingerprint density at radius 1 is 1.29 bits per heavy atom. The molecule has 1 amide bonds. The van der Waals surface area contributed by atoms with Crippen molar-refractivity contribution >= 4 is 40.8 Å². The summed E-state index contributed by atoms with van der Waals surface area (Å²) in [6.45, 7) is 1.81. The number of hydrogen-bond donors (Lipinski definition) is 3. The summed E-state index contributed by atoms with van der Waals surface area (Å²) in [7, 11) is 0. The van der Waals surface area contributed by atoms with Gasteiger partial charge in [-0.15, -0.1) is 0 Å². The Balaban J connectivity index is 2.11. The Morgan fingerprint density at radius 3 is 2.57 bits per heavy atom. The van der Waals surface area contributed by atoms with Crippen LogP contribution in [0.1, 0.15) is 29.6 Å². The van der Waals surface area contributed by atoms with Crippen molar-refractivity contribution < 1.29 is 14.7 Å². The van der Waals surface area contributed by atoms with Crippen LogP contribution in [0.3, 0.4) is 0 Å². The average molecular weight is 331 g/mol. The van der Waals surface area contributed by atoms with Crippen molar-refractivity contribution in [2.45, 2.75) is 19.3 Å². The Kier molecular flexibility index (Phi) is 5.45. The monoisotopic (exact) mass is 330 g/mol. The van der Waals surface area contributed by atoms with Gasteiger partial charge >= 0.3 is 5.97 Å². The van der Waals surface area contributed by atoms with Gasteiger partial charge in [-0.2, -0.15) is 0 Å². The van der Waals surface area contributed by atoms with E-state index in [0.29, 0.717) is 12.3 Å². The second-order valence-electron chi connectivity index (χ2n) is 5.06. The van der Waals surface area contributed by atoms with Crippen LogP contribution in [0.2, 0.25) is 10.0 Å². The van der Waals surface area contributed by atoms with Crippen molar-refractivity contribution in [3.05, 3.63) is 27.7 Å². The maximum atomic E-state index is 12.1. The molecule has 1 fully saturated rings. The number of carbonyl (C=O) groups is 2. The van der Waals surface area contributed by atoms with Gasteiger partial charge < -0.3 is 15.7 Å². The summed E-state index contributed by atoms with van der Waals surface area (Å²) in [5.41, 5.74) is -0.00124. The first-order valence-corrected chi connectivity index (χ1v) is 7.46. The summed E-state index contributed by atoms with van der Waals surface area (Å²) < 4.78 is 0. The summed E-state index contributed by atoms with van der Waals surface area (Å²) in [6, 6.07) is 2.69. The zero-order valence-electron chi connectivity index (χ0n) is 11.3. The minimum Gasteiger partial charge on any atom is -0.478 e. The summed E-state index contributed by atoms with van der Waals surface area (Å²) >= 11 is 11.8. The summed E-state index contributed by atoms with van der Waals surface area (Å²) in [5.74, 6) is -1.10. The lowest BCUT2D eigenvalue weighted by atomic mass is 9.94. The van der Waals surface area contributed by atoms with Crippen LogP contribution in [-0.4, -0.2) is 30.1 Å². The minimum atomic E-state index is -1.18. The molecule has 1 aliphatic rings. The number of aromatic carboxylic acids is 1. The van der Waals surface area contributed by atoms with Crippen LogP contribution in [0.5, 0.6) is 0 Å². The van der Waals surface area contributed by atoms with Crippen molar-refractivity contribution in [2.24, 2.45) is 5.92 Å². The quantitative estimate of drug-likeness (QED) is 0.792. The molecule has 1 heterocycles. The molecule has 0 bridgehead atoms. The fourth-order valence-corrected chi connectivity index (χ4v) is 2.95. The van der Waals surface area contributed by atoms with Gasteiger partial charge in [0.05, 0.1) is 16.3 Å². The highest BCUT2D eigenvalue weighted by molar-refractivity contribution is 6.37. The van der Waals surface area contributed by atoms with E-state index in [0.717, 1.165) is 25.9 Å². The van der Waals surface area contributed by atoms with Gasteiger partial charge in [-0.05, 0) is 44.0 Å². The minimum absolute atomic E-state index is 0.104. The molecule has 0 atom stereocenters. The zero-order valence-corrected chi connectivity index (χ0v) is 12.8. The molecule has 0 aliphatic carbocycles. The fraction of sp³-hybridized carbons (Fsp3) is 0.429. The summed E-state index contributed by atoms with van der Waals surface area (Å²) in [4.78, 5) is 23.3. The molecule has 0 aromatic heterocycles. The van der Waals surface area contributed by atoms with Gasteiger partial charge in [0.25, 0.3) is 0 Å². The van der Waals surface area contributed by atoms with E-state index in [9.17, 15) is 14.7 Å². The number of carbonyl (C=O) groups excluding carboxylic acids is 1. The van der Waals surface area contributed by atoms with Crippen molar-refractivity contribution in [3.8, 4) is 0 Å². The van der Waals surface area contributed by atoms with Gasteiger partial charge in [0.1, 0.15) is 0 Å². The molecule has 1 saturated heterocycles. The van der Waals surface area contributed by atoms with Gasteiger partial charge in [0, 0.05) is 11.4 Å². The lowest BCUT2D eigenvalue weighted by Gasteiger charge is -2.22. The molecule has 0 spiro atoms. The fourth-order valence-electron chi connectivity index (χ4n) is 2.41. The lowest BCUT2D eigenvalue weighted by Crippen LogP contribution is -2.30. The lowest BCUT2D eigenvalue weighted by molar-refractivity contribution is -0.117. The first kappa shape index (κ1) is 16.1. The number of carboxylic acid groups (broad SMARTS) is 1. The second-order valence-corrected chi connectivity index (χ2v) is 5.90. The van der Waals surface area contributed by atoms with Crippen molar-refractivity contribution in [2.75, 3.05) is 18.4 Å². The highest BCUT2D eigenvalue weighted by Gasteiger charge is 2.20. The Hall–Kier alpha value is -1.30. The predicted molar refractivity (Wildman–Crippen MR) is 82.3 cm³/mol. The van der Waals surface area contributed by atoms with Gasteiger partial charge in [0.15, 0.2) is 0 Å².